The van der Waals surface area contributed by atoms with Crippen LogP contribution in [0.25, 0.3) is 17.3 Å². The molecule has 158 valence electrons. The second-order valence-corrected chi connectivity index (χ2v) is 7.40. The lowest BCUT2D eigenvalue weighted by molar-refractivity contribution is 0.102. The van der Waals surface area contributed by atoms with Crippen LogP contribution < -0.4 is 4.74 Å². The summed E-state index contributed by atoms with van der Waals surface area (Å²) in [5.74, 6) is 1.03. The predicted octanol–water partition coefficient (Wildman–Crippen LogP) is 4.31. The maximum Gasteiger partial charge on any atom is 0.205 e. The molecule has 0 spiro atoms. The second kappa shape index (κ2) is 8.97. The highest BCUT2D eigenvalue weighted by molar-refractivity contribution is 7.99. The average Bonchev–Trinajstić information content (AvgIpc) is 3.44. The molecule has 0 unspecified atom stereocenters. The van der Waals surface area contributed by atoms with E-state index in [1.54, 1.807) is 23.0 Å². The van der Waals surface area contributed by atoms with Gasteiger partial charge in [0, 0.05) is 5.56 Å². The third-order valence-corrected chi connectivity index (χ3v) is 5.34. The van der Waals surface area contributed by atoms with Crippen molar-refractivity contribution in [1.29, 1.82) is 0 Å². The summed E-state index contributed by atoms with van der Waals surface area (Å²) in [5, 5.41) is 28.1. The van der Waals surface area contributed by atoms with Crippen LogP contribution in [0.1, 0.15) is 17.3 Å². The van der Waals surface area contributed by atoms with Crippen molar-refractivity contribution in [2.24, 2.45) is 0 Å². The third kappa shape index (κ3) is 4.41. The molecule has 0 radical (unpaired) electrons. The molecule has 0 aliphatic heterocycles. The lowest BCUT2D eigenvalue weighted by Gasteiger charge is -2.10. The molecule has 0 aliphatic rings. The molecule has 2 aromatic carbocycles. The Hall–Kier alpha value is -3.72. The van der Waals surface area contributed by atoms with Crippen molar-refractivity contribution in [3.8, 4) is 34.5 Å². The predicted molar refractivity (Wildman–Crippen MR) is 115 cm³/mol. The van der Waals surface area contributed by atoms with E-state index in [1.165, 1.54) is 30.0 Å². The van der Waals surface area contributed by atoms with Gasteiger partial charge in [0.05, 0.1) is 24.3 Å². The van der Waals surface area contributed by atoms with Gasteiger partial charge in [0.15, 0.2) is 28.2 Å². The first-order valence-corrected chi connectivity index (χ1v) is 10.5. The van der Waals surface area contributed by atoms with E-state index in [0.29, 0.717) is 28.9 Å². The van der Waals surface area contributed by atoms with Crippen LogP contribution in [0.15, 0.2) is 70.4 Å². The normalized spacial score (nSPS) is 10.9. The minimum Gasteiger partial charge on any atom is -0.504 e. The number of phenols is 2. The summed E-state index contributed by atoms with van der Waals surface area (Å²) < 4.78 is 12.8. The van der Waals surface area contributed by atoms with E-state index in [0.717, 1.165) is 11.4 Å². The van der Waals surface area contributed by atoms with Crippen LogP contribution in [0.3, 0.4) is 0 Å². The fourth-order valence-electron chi connectivity index (χ4n) is 2.93. The molecular weight excluding hydrogens is 418 g/mol. The molecule has 2 heterocycles. The number of phenolic OH excluding ortho intramolecular Hbond substituents is 2. The summed E-state index contributed by atoms with van der Waals surface area (Å²) >= 11 is 1.21. The van der Waals surface area contributed by atoms with E-state index in [1.807, 2.05) is 31.2 Å². The van der Waals surface area contributed by atoms with Crippen LogP contribution in [0.4, 0.5) is 0 Å². The Kier molecular flexibility index (Phi) is 5.94. The molecule has 0 atom stereocenters. The van der Waals surface area contributed by atoms with Gasteiger partial charge in [-0.1, -0.05) is 11.8 Å². The molecule has 4 rings (SSSR count). The topological polar surface area (TPSA) is 111 Å². The summed E-state index contributed by atoms with van der Waals surface area (Å²) in [6.07, 6.45) is 1.56. The summed E-state index contributed by atoms with van der Waals surface area (Å²) in [6, 6.07) is 15.0. The van der Waals surface area contributed by atoms with Gasteiger partial charge in [0.25, 0.3) is 0 Å². The van der Waals surface area contributed by atoms with Gasteiger partial charge < -0.3 is 19.4 Å². The number of benzene rings is 2. The standard InChI is InChI=1S/C22H19N3O5S/c1-2-29-16-8-6-15(7-9-16)25-21(20-4-3-11-30-20)23-24-22(25)31-13-19(28)14-5-10-17(26)18(27)12-14/h3-12,26-27H,2,13H2,1H3. The Labute approximate surface area is 182 Å². The van der Waals surface area contributed by atoms with Crippen LogP contribution >= 0.6 is 11.8 Å². The first-order chi connectivity index (χ1) is 15.1. The average molecular weight is 437 g/mol. The fourth-order valence-corrected chi connectivity index (χ4v) is 3.78. The number of carbonyl (C=O) groups is 1. The van der Waals surface area contributed by atoms with Crippen molar-refractivity contribution in [2.75, 3.05) is 12.4 Å². The number of ether oxygens (including phenoxy) is 1. The summed E-state index contributed by atoms with van der Waals surface area (Å²) in [4.78, 5) is 12.6. The van der Waals surface area contributed by atoms with Crippen molar-refractivity contribution < 1.29 is 24.2 Å². The molecule has 9 heteroatoms. The zero-order chi connectivity index (χ0) is 21.8. The number of thioether (sulfide) groups is 1. The zero-order valence-corrected chi connectivity index (χ0v) is 17.4. The van der Waals surface area contributed by atoms with Crippen molar-refractivity contribution in [3.05, 3.63) is 66.4 Å². The molecule has 8 nitrogen and oxygen atoms in total. The molecule has 0 saturated carbocycles. The van der Waals surface area contributed by atoms with Crippen LogP contribution in [-0.4, -0.2) is 43.1 Å². The molecule has 2 N–H and O–H groups in total. The van der Waals surface area contributed by atoms with Crippen LogP contribution in [0, 0.1) is 0 Å². The Balaban J connectivity index is 1.63. The molecule has 0 saturated heterocycles. The number of Topliss-reactive ketones (excluding diaryl/α,β-unsaturated/α-hetero) is 1. The molecule has 31 heavy (non-hydrogen) atoms. The number of furan rings is 1. The van der Waals surface area contributed by atoms with Crippen molar-refractivity contribution in [1.82, 2.24) is 14.8 Å². The maximum absolute atomic E-state index is 12.6. The minimum atomic E-state index is -0.339. The summed E-state index contributed by atoms with van der Waals surface area (Å²) in [5.41, 5.74) is 1.08. The number of carbonyl (C=O) groups excluding carboxylic acids is 1. The highest BCUT2D eigenvalue weighted by atomic mass is 32.2. The quantitative estimate of drug-likeness (QED) is 0.238. The number of nitrogens with zero attached hydrogens (tertiary/aromatic N) is 3. The van der Waals surface area contributed by atoms with E-state index in [4.69, 9.17) is 9.15 Å². The smallest absolute Gasteiger partial charge is 0.205 e. The number of ketones is 1. The molecule has 0 bridgehead atoms. The summed E-state index contributed by atoms with van der Waals surface area (Å²) in [6.45, 7) is 2.49. The highest BCUT2D eigenvalue weighted by Gasteiger charge is 2.19. The van der Waals surface area contributed by atoms with Gasteiger partial charge in [-0.2, -0.15) is 0 Å². The largest absolute Gasteiger partial charge is 0.504 e. The molecular formula is C22H19N3O5S. The molecule has 2 aromatic heterocycles. The first-order valence-electron chi connectivity index (χ1n) is 9.47. The maximum atomic E-state index is 12.6. The van der Waals surface area contributed by atoms with Gasteiger partial charge in [-0.3, -0.25) is 9.36 Å². The minimum absolute atomic E-state index is 0.0670. The van der Waals surface area contributed by atoms with Gasteiger partial charge in [0.1, 0.15) is 5.75 Å². The van der Waals surface area contributed by atoms with Gasteiger partial charge in [-0.05, 0) is 61.5 Å². The van der Waals surface area contributed by atoms with E-state index in [-0.39, 0.29) is 23.0 Å². The monoisotopic (exact) mass is 437 g/mol. The van der Waals surface area contributed by atoms with Crippen LogP contribution in [0.5, 0.6) is 17.2 Å². The number of aromatic nitrogens is 3. The Morgan fingerprint density at radius 1 is 1.10 bits per heavy atom. The van der Waals surface area contributed by atoms with E-state index in [9.17, 15) is 15.0 Å². The highest BCUT2D eigenvalue weighted by Crippen LogP contribution is 2.30. The lowest BCUT2D eigenvalue weighted by atomic mass is 10.1. The lowest BCUT2D eigenvalue weighted by Crippen LogP contribution is -2.05. The number of rotatable bonds is 8. The number of hydrogen-bond acceptors (Lipinski definition) is 8. The van der Waals surface area contributed by atoms with Gasteiger partial charge >= 0.3 is 0 Å². The van der Waals surface area contributed by atoms with E-state index in [2.05, 4.69) is 10.2 Å². The van der Waals surface area contributed by atoms with E-state index >= 15 is 0 Å². The van der Waals surface area contributed by atoms with Gasteiger partial charge in [-0.15, -0.1) is 10.2 Å². The zero-order valence-electron chi connectivity index (χ0n) is 16.6. The summed E-state index contributed by atoms with van der Waals surface area (Å²) in [7, 11) is 0. The Morgan fingerprint density at radius 3 is 2.58 bits per heavy atom. The van der Waals surface area contributed by atoms with Crippen molar-refractivity contribution >= 4 is 17.5 Å². The second-order valence-electron chi connectivity index (χ2n) is 6.46. The van der Waals surface area contributed by atoms with Gasteiger partial charge in [-0.25, -0.2) is 0 Å². The molecule has 0 aliphatic carbocycles. The number of hydrogen-bond donors (Lipinski definition) is 2. The van der Waals surface area contributed by atoms with Gasteiger partial charge in [0.2, 0.25) is 5.82 Å². The van der Waals surface area contributed by atoms with Crippen molar-refractivity contribution in [2.45, 2.75) is 12.1 Å². The first kappa shape index (κ1) is 20.5. The Bertz CT molecular complexity index is 1190. The van der Waals surface area contributed by atoms with Crippen LogP contribution in [-0.2, 0) is 0 Å². The molecule has 0 amide bonds. The fraction of sp³-hybridized carbons (Fsp3) is 0.136. The molecule has 0 fully saturated rings. The van der Waals surface area contributed by atoms with Crippen molar-refractivity contribution in [3.63, 3.8) is 0 Å². The van der Waals surface area contributed by atoms with E-state index < -0.39 is 0 Å². The molecule has 4 aromatic rings. The SMILES string of the molecule is CCOc1ccc(-n2c(SCC(=O)c3ccc(O)c(O)c3)nnc2-c2ccco2)cc1. The Morgan fingerprint density at radius 2 is 1.90 bits per heavy atom. The number of aromatic hydroxyl groups is 2. The van der Waals surface area contributed by atoms with Crippen LogP contribution in [0.2, 0.25) is 0 Å². The third-order valence-electron chi connectivity index (χ3n) is 4.41.